The Morgan fingerprint density at radius 2 is 2.20 bits per heavy atom. The first-order valence-electron chi connectivity index (χ1n) is 3.41. The van der Waals surface area contributed by atoms with Gasteiger partial charge in [-0.25, -0.2) is 0 Å². The highest BCUT2D eigenvalue weighted by molar-refractivity contribution is 6.33. The predicted molar refractivity (Wildman–Crippen MR) is 38.8 cm³/mol. The van der Waals surface area contributed by atoms with Gasteiger partial charge in [-0.1, -0.05) is 19.8 Å². The van der Waals surface area contributed by atoms with Gasteiger partial charge in [0, 0.05) is 0 Å². The molecule has 0 aliphatic heterocycles. The van der Waals surface area contributed by atoms with Crippen LogP contribution >= 0.6 is 11.6 Å². The second kappa shape index (κ2) is 3.81. The fraction of sp³-hybridized carbons (Fsp3) is 0.857. The van der Waals surface area contributed by atoms with E-state index in [0.717, 1.165) is 12.8 Å². The number of aliphatic carboxylic acids is 1. The number of alkyl halides is 1. The van der Waals surface area contributed by atoms with Gasteiger partial charge in [0.15, 0.2) is 0 Å². The molecule has 3 heteroatoms. The van der Waals surface area contributed by atoms with E-state index in [1.165, 1.54) is 6.92 Å². The summed E-state index contributed by atoms with van der Waals surface area (Å²) in [5.74, 6) is -1.18. The number of unbranched alkanes of at least 4 members (excludes halogenated alkanes) is 1. The molecule has 0 aromatic heterocycles. The van der Waals surface area contributed by atoms with Crippen molar-refractivity contribution in [3.05, 3.63) is 0 Å². The highest BCUT2D eigenvalue weighted by Crippen LogP contribution is 2.20. The van der Waals surface area contributed by atoms with Crippen molar-refractivity contribution in [2.45, 2.75) is 38.0 Å². The molecule has 10 heavy (non-hydrogen) atoms. The van der Waals surface area contributed by atoms with Crippen LogP contribution in [0.4, 0.5) is 0 Å². The SMILES string of the molecule is CCCCC(C)(Cl)C(=O)[O-]. The van der Waals surface area contributed by atoms with Crippen LogP contribution < -0.4 is 5.11 Å². The summed E-state index contributed by atoms with van der Waals surface area (Å²) in [5, 5.41) is 10.3. The van der Waals surface area contributed by atoms with Crippen molar-refractivity contribution in [3.8, 4) is 0 Å². The molecule has 0 saturated carbocycles. The number of carbonyl (C=O) groups excluding carboxylic acids is 1. The van der Waals surface area contributed by atoms with Crippen LogP contribution in [0.5, 0.6) is 0 Å². The molecule has 2 nitrogen and oxygen atoms in total. The van der Waals surface area contributed by atoms with Crippen LogP contribution in [0.2, 0.25) is 0 Å². The van der Waals surface area contributed by atoms with Crippen LogP contribution in [0.25, 0.3) is 0 Å². The van der Waals surface area contributed by atoms with E-state index in [0.29, 0.717) is 6.42 Å². The van der Waals surface area contributed by atoms with Crippen molar-refractivity contribution in [3.63, 3.8) is 0 Å². The fourth-order valence-electron chi connectivity index (χ4n) is 0.611. The quantitative estimate of drug-likeness (QED) is 0.579. The van der Waals surface area contributed by atoms with Crippen molar-refractivity contribution in [1.82, 2.24) is 0 Å². The number of carboxylic acid groups (broad SMARTS) is 1. The van der Waals surface area contributed by atoms with E-state index < -0.39 is 10.8 Å². The summed E-state index contributed by atoms with van der Waals surface area (Å²) in [5.41, 5.74) is 0. The molecule has 0 fully saturated rings. The lowest BCUT2D eigenvalue weighted by atomic mass is 10.0. The lowest BCUT2D eigenvalue weighted by Gasteiger charge is -2.22. The van der Waals surface area contributed by atoms with Crippen LogP contribution in [0.3, 0.4) is 0 Å². The first kappa shape index (κ1) is 9.76. The Balaban J connectivity index is 3.75. The number of halogens is 1. The first-order chi connectivity index (χ1) is 4.50. The molecule has 0 rings (SSSR count). The second-order valence-corrected chi connectivity index (χ2v) is 3.42. The number of rotatable bonds is 4. The molecular formula is C7H12ClO2-. The van der Waals surface area contributed by atoms with Crippen molar-refractivity contribution in [2.24, 2.45) is 0 Å². The second-order valence-electron chi connectivity index (χ2n) is 2.59. The average Bonchev–Trinajstić information content (AvgIpc) is 1.84. The minimum absolute atomic E-state index is 0.480. The number of carboxylic acids is 1. The van der Waals surface area contributed by atoms with Crippen molar-refractivity contribution in [1.29, 1.82) is 0 Å². The molecule has 0 aromatic carbocycles. The molecule has 0 aliphatic carbocycles. The Morgan fingerprint density at radius 1 is 1.70 bits per heavy atom. The molecule has 60 valence electrons. The Hall–Kier alpha value is -0.240. The number of hydrogen-bond donors (Lipinski definition) is 0. The topological polar surface area (TPSA) is 40.1 Å². The zero-order valence-electron chi connectivity index (χ0n) is 6.32. The third-order valence-corrected chi connectivity index (χ3v) is 1.77. The van der Waals surface area contributed by atoms with Crippen molar-refractivity contribution < 1.29 is 9.90 Å². The standard InChI is InChI=1S/C7H13ClO2/c1-3-4-5-7(2,8)6(9)10/h3-5H2,1-2H3,(H,9,10)/p-1. The molecule has 0 heterocycles. The first-order valence-corrected chi connectivity index (χ1v) is 3.79. The summed E-state index contributed by atoms with van der Waals surface area (Å²) >= 11 is 5.59. The highest BCUT2D eigenvalue weighted by atomic mass is 35.5. The van der Waals surface area contributed by atoms with Crippen LogP contribution in [0.15, 0.2) is 0 Å². The average molecular weight is 164 g/mol. The van der Waals surface area contributed by atoms with Crippen LogP contribution in [-0.2, 0) is 4.79 Å². The smallest absolute Gasteiger partial charge is 0.0811 e. The molecule has 0 aliphatic rings. The maximum atomic E-state index is 10.3. The van der Waals surface area contributed by atoms with Crippen molar-refractivity contribution >= 4 is 17.6 Å². The lowest BCUT2D eigenvalue weighted by Crippen LogP contribution is -2.41. The summed E-state index contributed by atoms with van der Waals surface area (Å²) in [7, 11) is 0. The zero-order valence-corrected chi connectivity index (χ0v) is 7.07. The van der Waals surface area contributed by atoms with Gasteiger partial charge in [-0.15, -0.1) is 11.6 Å². The number of carbonyl (C=O) groups is 1. The Morgan fingerprint density at radius 3 is 2.50 bits per heavy atom. The normalized spacial score (nSPS) is 16.3. The number of hydrogen-bond acceptors (Lipinski definition) is 2. The third-order valence-electron chi connectivity index (χ3n) is 1.43. The molecule has 1 atom stereocenters. The predicted octanol–water partition coefficient (Wildman–Crippen LogP) is 0.924. The highest BCUT2D eigenvalue weighted by Gasteiger charge is 2.20. The van der Waals surface area contributed by atoms with Gasteiger partial charge >= 0.3 is 0 Å². The minimum Gasteiger partial charge on any atom is -0.548 e. The van der Waals surface area contributed by atoms with Gasteiger partial charge in [-0.3, -0.25) is 0 Å². The lowest BCUT2D eigenvalue weighted by molar-refractivity contribution is -0.309. The Labute approximate surface area is 66.2 Å². The summed E-state index contributed by atoms with van der Waals surface area (Å²) in [6.45, 7) is 3.46. The Bertz CT molecular complexity index is 121. The minimum atomic E-state index is -1.18. The molecule has 0 radical (unpaired) electrons. The van der Waals surface area contributed by atoms with E-state index in [1.807, 2.05) is 6.92 Å². The molecule has 1 unspecified atom stereocenters. The molecule has 0 bridgehead atoms. The third kappa shape index (κ3) is 3.06. The molecule has 0 N–H and O–H groups in total. The van der Waals surface area contributed by atoms with Gasteiger partial charge in [0.05, 0.1) is 10.8 Å². The summed E-state index contributed by atoms with van der Waals surface area (Å²) in [4.78, 5) is 9.11. The van der Waals surface area contributed by atoms with E-state index in [-0.39, 0.29) is 0 Å². The van der Waals surface area contributed by atoms with E-state index >= 15 is 0 Å². The maximum absolute atomic E-state index is 10.3. The summed E-state index contributed by atoms with van der Waals surface area (Å²) < 4.78 is 0. The molecular weight excluding hydrogens is 152 g/mol. The zero-order chi connectivity index (χ0) is 8.20. The van der Waals surface area contributed by atoms with Gasteiger partial charge in [-0.2, -0.15) is 0 Å². The molecule has 0 amide bonds. The summed E-state index contributed by atoms with van der Waals surface area (Å²) in [6.07, 6.45) is 2.26. The van der Waals surface area contributed by atoms with Crippen molar-refractivity contribution in [2.75, 3.05) is 0 Å². The van der Waals surface area contributed by atoms with Gasteiger partial charge < -0.3 is 9.90 Å². The fourth-order valence-corrected chi connectivity index (χ4v) is 0.744. The van der Waals surface area contributed by atoms with Gasteiger partial charge in [0.2, 0.25) is 0 Å². The van der Waals surface area contributed by atoms with E-state index in [2.05, 4.69) is 0 Å². The van der Waals surface area contributed by atoms with Gasteiger partial charge in [0.1, 0.15) is 0 Å². The molecule has 0 saturated heterocycles. The van der Waals surface area contributed by atoms with Crippen LogP contribution in [-0.4, -0.2) is 10.8 Å². The van der Waals surface area contributed by atoms with Gasteiger partial charge in [0.25, 0.3) is 0 Å². The Kier molecular flexibility index (Phi) is 3.72. The monoisotopic (exact) mass is 163 g/mol. The summed E-state index contributed by atoms with van der Waals surface area (Å²) in [6, 6.07) is 0. The maximum Gasteiger partial charge on any atom is 0.0811 e. The van der Waals surface area contributed by atoms with Crippen LogP contribution in [0, 0.1) is 0 Å². The molecule has 0 aromatic rings. The van der Waals surface area contributed by atoms with E-state index in [1.54, 1.807) is 0 Å². The van der Waals surface area contributed by atoms with Crippen LogP contribution in [0.1, 0.15) is 33.1 Å². The van der Waals surface area contributed by atoms with E-state index in [4.69, 9.17) is 11.6 Å². The van der Waals surface area contributed by atoms with E-state index in [9.17, 15) is 9.90 Å². The largest absolute Gasteiger partial charge is 0.548 e. The van der Waals surface area contributed by atoms with Gasteiger partial charge in [-0.05, 0) is 13.3 Å². The molecule has 0 spiro atoms.